The first kappa shape index (κ1) is 13.1. The van der Waals surface area contributed by atoms with Gasteiger partial charge in [-0.3, -0.25) is 9.59 Å². The predicted molar refractivity (Wildman–Crippen MR) is 49.0 cm³/mol. The zero-order valence-corrected chi connectivity index (χ0v) is 8.26. The fourth-order valence-corrected chi connectivity index (χ4v) is 0.670. The molecule has 0 aromatic heterocycles. The minimum atomic E-state index is -0.947. The van der Waals surface area contributed by atoms with Gasteiger partial charge in [0, 0.05) is 20.5 Å². The Kier molecular flexibility index (Phi) is 5.76. The van der Waals surface area contributed by atoms with E-state index in [0.717, 1.165) is 4.90 Å². The van der Waals surface area contributed by atoms with Gasteiger partial charge in [-0.1, -0.05) is 0 Å². The van der Waals surface area contributed by atoms with E-state index in [0.29, 0.717) is 0 Å². The van der Waals surface area contributed by atoms with Gasteiger partial charge in [-0.05, 0) is 0 Å². The van der Waals surface area contributed by atoms with Gasteiger partial charge in [0.2, 0.25) is 11.8 Å². The van der Waals surface area contributed by atoms with Gasteiger partial charge in [0.05, 0.1) is 6.54 Å². The van der Waals surface area contributed by atoms with E-state index in [-0.39, 0.29) is 19.7 Å². The van der Waals surface area contributed by atoms with E-state index in [1.165, 1.54) is 7.05 Å². The molecular weight excluding hydrogens is 206 g/mol. The lowest BCUT2D eigenvalue weighted by Crippen LogP contribution is -2.38. The number of nitrogens with zero attached hydrogens (tertiary/aromatic N) is 2. The Bertz CT molecular complexity index is 255. The summed E-state index contributed by atoms with van der Waals surface area (Å²) in [6.07, 6.45) is 0. The van der Waals surface area contributed by atoms with E-state index in [2.05, 4.69) is 17.1 Å². The molecule has 0 saturated heterocycles. The molecule has 8 nitrogen and oxygen atoms in total. The Morgan fingerprint density at radius 2 is 2.20 bits per heavy atom. The highest BCUT2D eigenvalue weighted by molar-refractivity contribution is 5.86. The van der Waals surface area contributed by atoms with E-state index in [4.69, 9.17) is 0 Å². The molecule has 0 aliphatic carbocycles. The van der Waals surface area contributed by atoms with Crippen molar-refractivity contribution in [2.45, 2.75) is 0 Å². The summed E-state index contributed by atoms with van der Waals surface area (Å²) in [5, 5.41) is 11.1. The third kappa shape index (κ3) is 7.23. The van der Waals surface area contributed by atoms with Crippen molar-refractivity contribution in [2.24, 2.45) is 0 Å². The molecule has 0 fully saturated rings. The van der Waals surface area contributed by atoms with Gasteiger partial charge < -0.3 is 15.1 Å². The molecule has 15 heavy (non-hydrogen) atoms. The minimum absolute atomic E-state index is 0.0129. The summed E-state index contributed by atoms with van der Waals surface area (Å²) >= 11 is 0. The van der Waals surface area contributed by atoms with Gasteiger partial charge in [-0.25, -0.2) is 0 Å². The molecule has 0 saturated carbocycles. The molecule has 0 aliphatic rings. The van der Waals surface area contributed by atoms with Crippen molar-refractivity contribution >= 4 is 11.8 Å². The number of carbonyl (C=O) groups is 2. The average molecular weight is 218 g/mol. The maximum Gasteiger partial charge on any atom is 0.294 e. The number of hydrogen-bond donors (Lipinski definition) is 1. The maximum atomic E-state index is 11.0. The first-order chi connectivity index (χ1) is 6.93. The Hall–Kier alpha value is -1.86. The van der Waals surface area contributed by atoms with E-state index < -0.39 is 16.9 Å². The highest BCUT2D eigenvalue weighted by Crippen LogP contribution is 1.82. The number of nitrogens with one attached hydrogen (secondary N) is 1. The number of hydrogen-bond acceptors (Lipinski definition) is 5. The van der Waals surface area contributed by atoms with Crippen molar-refractivity contribution in [1.29, 1.82) is 0 Å². The smallest absolute Gasteiger partial charge is 0.294 e. The molecule has 0 aromatic rings. The van der Waals surface area contributed by atoms with E-state index in [1.54, 1.807) is 0 Å². The molecule has 0 rings (SSSR count). The van der Waals surface area contributed by atoms with Gasteiger partial charge in [-0.15, -0.1) is 10.1 Å². The molecule has 1 radical (unpaired) electrons. The van der Waals surface area contributed by atoms with E-state index in [1.807, 2.05) is 0 Å². The number of rotatable bonds is 6. The monoisotopic (exact) mass is 218 g/mol. The lowest BCUT2D eigenvalue weighted by Gasteiger charge is -2.13. The molecule has 0 heterocycles. The van der Waals surface area contributed by atoms with E-state index in [9.17, 15) is 19.7 Å². The van der Waals surface area contributed by atoms with Crippen LogP contribution in [0.5, 0.6) is 0 Å². The van der Waals surface area contributed by atoms with Crippen molar-refractivity contribution in [1.82, 2.24) is 10.2 Å². The van der Waals surface area contributed by atoms with Crippen molar-refractivity contribution in [3.05, 3.63) is 17.0 Å². The topological polar surface area (TPSA) is 102 Å². The molecule has 2 amide bonds. The molecule has 0 spiro atoms. The van der Waals surface area contributed by atoms with Gasteiger partial charge >= 0.3 is 0 Å². The Morgan fingerprint density at radius 3 is 2.67 bits per heavy atom. The first-order valence-electron chi connectivity index (χ1n) is 4.04. The predicted octanol–water partition coefficient (Wildman–Crippen LogP) is -1.40. The molecular formula is C7H12N3O5. The van der Waals surface area contributed by atoms with Crippen LogP contribution in [0.25, 0.3) is 0 Å². The fourth-order valence-electron chi connectivity index (χ4n) is 0.670. The highest BCUT2D eigenvalue weighted by Gasteiger charge is 2.08. The van der Waals surface area contributed by atoms with Crippen LogP contribution in [0.2, 0.25) is 0 Å². The van der Waals surface area contributed by atoms with Gasteiger partial charge in [0.25, 0.3) is 5.09 Å². The molecule has 8 heteroatoms. The van der Waals surface area contributed by atoms with Crippen LogP contribution >= 0.6 is 0 Å². The quantitative estimate of drug-likeness (QED) is 0.335. The zero-order valence-electron chi connectivity index (χ0n) is 8.26. The van der Waals surface area contributed by atoms with Crippen LogP contribution in [0.15, 0.2) is 0 Å². The lowest BCUT2D eigenvalue weighted by atomic mass is 10.5. The van der Waals surface area contributed by atoms with Gasteiger partial charge in [0.1, 0.15) is 6.61 Å². The highest BCUT2D eigenvalue weighted by atomic mass is 16.9. The van der Waals surface area contributed by atoms with Gasteiger partial charge in [0.15, 0.2) is 0 Å². The normalized spacial score (nSPS) is 9.20. The third-order valence-corrected chi connectivity index (χ3v) is 1.43. The Morgan fingerprint density at radius 1 is 1.60 bits per heavy atom. The van der Waals surface area contributed by atoms with Crippen molar-refractivity contribution < 1.29 is 19.5 Å². The zero-order chi connectivity index (χ0) is 11.8. The third-order valence-electron chi connectivity index (χ3n) is 1.43. The fraction of sp³-hybridized carbons (Fsp3) is 0.571. The van der Waals surface area contributed by atoms with Crippen LogP contribution in [-0.4, -0.2) is 48.5 Å². The van der Waals surface area contributed by atoms with Crippen LogP contribution in [-0.2, 0) is 14.4 Å². The number of amides is 2. The van der Waals surface area contributed by atoms with E-state index >= 15 is 0 Å². The van der Waals surface area contributed by atoms with Crippen LogP contribution in [0.4, 0.5) is 0 Å². The summed E-state index contributed by atoms with van der Waals surface area (Å²) < 4.78 is 0. The van der Waals surface area contributed by atoms with Gasteiger partial charge in [-0.2, -0.15) is 0 Å². The lowest BCUT2D eigenvalue weighted by molar-refractivity contribution is -0.757. The van der Waals surface area contributed by atoms with Crippen LogP contribution in [0.1, 0.15) is 0 Å². The SMILES string of the molecule is [CH2]C(=O)N(C)CC(=O)NCCO[N+](=O)[O-]. The first-order valence-corrected chi connectivity index (χ1v) is 4.04. The second-order valence-electron chi connectivity index (χ2n) is 2.66. The summed E-state index contributed by atoms with van der Waals surface area (Å²) in [5.41, 5.74) is 0. The molecule has 0 aliphatic heterocycles. The minimum Gasteiger partial charge on any atom is -0.353 e. The Labute approximate surface area is 86.3 Å². The average Bonchev–Trinajstić information content (AvgIpc) is 2.12. The molecule has 0 bridgehead atoms. The molecule has 1 N–H and O–H groups in total. The number of likely N-dealkylation sites (N-methyl/N-ethyl adjacent to an activating group) is 1. The molecule has 0 unspecified atom stereocenters. The summed E-state index contributed by atoms with van der Waals surface area (Å²) in [7, 11) is 1.42. The number of carbonyl (C=O) groups excluding carboxylic acids is 2. The summed E-state index contributed by atoms with van der Waals surface area (Å²) in [4.78, 5) is 36.5. The van der Waals surface area contributed by atoms with Crippen molar-refractivity contribution in [3.8, 4) is 0 Å². The molecule has 0 aromatic carbocycles. The summed E-state index contributed by atoms with van der Waals surface area (Å²) in [5.74, 6) is -0.909. The standard InChI is InChI=1S/C7H12N3O5/c1-6(11)9(2)5-7(12)8-3-4-15-10(13)14/h1,3-5H2,2H3,(H,8,12). The second-order valence-corrected chi connectivity index (χ2v) is 2.66. The second kappa shape index (κ2) is 6.57. The molecule has 85 valence electrons. The summed E-state index contributed by atoms with van der Waals surface area (Å²) in [6, 6.07) is 0. The van der Waals surface area contributed by atoms with Crippen LogP contribution in [0, 0.1) is 17.0 Å². The maximum absolute atomic E-state index is 11.0. The van der Waals surface area contributed by atoms with Crippen molar-refractivity contribution in [2.75, 3.05) is 26.7 Å². The van der Waals surface area contributed by atoms with Crippen LogP contribution in [0.3, 0.4) is 0 Å². The van der Waals surface area contributed by atoms with Crippen molar-refractivity contribution in [3.63, 3.8) is 0 Å². The van der Waals surface area contributed by atoms with Crippen LogP contribution < -0.4 is 5.32 Å². The largest absolute Gasteiger partial charge is 0.353 e. The Balaban J connectivity index is 3.58. The molecule has 0 atom stereocenters. The summed E-state index contributed by atoms with van der Waals surface area (Å²) in [6.45, 7) is 2.76.